The molecule has 42 heavy (non-hydrogen) atoms. The number of quaternary nitrogens is 1. The largest absolute Gasteiger partial charge is 0.495 e. The molecule has 0 bridgehead atoms. The van der Waals surface area contributed by atoms with Crippen molar-refractivity contribution in [3.63, 3.8) is 0 Å². The van der Waals surface area contributed by atoms with Gasteiger partial charge in [-0.2, -0.15) is 0 Å². The first-order valence-corrected chi connectivity index (χ1v) is 19.2. The van der Waals surface area contributed by atoms with Crippen LogP contribution in [0.1, 0.15) is 116 Å². The molecule has 0 saturated carbocycles. The molecule has 0 aliphatic carbocycles. The molecule has 0 aromatic heterocycles. The Kier molecular flexibility index (Phi) is 29.5. The highest BCUT2D eigenvalue weighted by Gasteiger charge is 2.34. The van der Waals surface area contributed by atoms with E-state index in [-0.39, 0.29) is 52.3 Å². The van der Waals surface area contributed by atoms with Gasteiger partial charge in [0, 0.05) is 12.5 Å². The monoisotopic (exact) mass is 624 g/mol. The molecule has 0 fully saturated rings. The van der Waals surface area contributed by atoms with Gasteiger partial charge in [-0.1, -0.05) is 96.8 Å². The molecule has 4 N–H and O–H groups in total. The highest BCUT2D eigenvalue weighted by Crippen LogP contribution is 2.16. The van der Waals surface area contributed by atoms with Crippen molar-refractivity contribution in [1.29, 1.82) is 0 Å². The predicted octanol–water partition coefficient (Wildman–Crippen LogP) is 5.06. The summed E-state index contributed by atoms with van der Waals surface area (Å²) >= 11 is 0. The van der Waals surface area contributed by atoms with Crippen LogP contribution >= 0.6 is 0 Å². The minimum Gasteiger partial charge on any atom is -0.394 e. The summed E-state index contributed by atoms with van der Waals surface area (Å²) in [4.78, 5) is 20.9. The Morgan fingerprint density at radius 1 is 0.571 bits per heavy atom. The van der Waals surface area contributed by atoms with Crippen LogP contribution in [0.2, 0.25) is 6.04 Å². The van der Waals surface area contributed by atoms with Gasteiger partial charge in [0.25, 0.3) is 0 Å². The third kappa shape index (κ3) is 29.9. The third-order valence-electron chi connectivity index (χ3n) is 7.74. The summed E-state index contributed by atoms with van der Waals surface area (Å²) in [6.07, 6.45) is 22.2. The van der Waals surface area contributed by atoms with Gasteiger partial charge in [-0.25, -0.2) is 0 Å². The summed E-state index contributed by atoms with van der Waals surface area (Å²) in [6, 6.07) is 0.247. The molecule has 0 radical (unpaired) electrons. The number of ether oxygens (including phenoxy) is 3. The van der Waals surface area contributed by atoms with Crippen molar-refractivity contribution >= 4 is 8.80 Å². The third-order valence-corrected chi connectivity index (χ3v) is 9.37. The maximum Gasteiger partial charge on any atom is 0.495 e. The van der Waals surface area contributed by atoms with Crippen LogP contribution in [-0.2, 0) is 18.6 Å². The molecule has 1 unspecified atom stereocenters. The Hall–Kier alpha value is -0.143. The van der Waals surface area contributed by atoms with Gasteiger partial charge >= 0.3 is 8.80 Å². The van der Waals surface area contributed by atoms with Gasteiger partial charge in [0.05, 0.1) is 80.0 Å². The molecule has 10 heteroatoms. The molecule has 0 aromatic rings. The molecule has 0 aliphatic heterocycles. The van der Waals surface area contributed by atoms with Gasteiger partial charge in [0.15, 0.2) is 0 Å². The van der Waals surface area contributed by atoms with Crippen molar-refractivity contribution in [2.45, 2.75) is 128 Å². The van der Waals surface area contributed by atoms with E-state index in [4.69, 9.17) is 28.8 Å². The van der Waals surface area contributed by atoms with Gasteiger partial charge in [0.2, 0.25) is 0 Å². The first-order chi connectivity index (χ1) is 20.3. The van der Waals surface area contributed by atoms with E-state index in [1.54, 1.807) is 0 Å². The van der Waals surface area contributed by atoms with Crippen LogP contribution in [0, 0.1) is 0 Å². The molecule has 0 aromatic carbocycles. The molecule has 0 spiro atoms. The van der Waals surface area contributed by atoms with Gasteiger partial charge in [-0.05, 0) is 12.8 Å². The lowest BCUT2D eigenvalue weighted by Gasteiger charge is -2.30. The minimum atomic E-state index is -3.81. The van der Waals surface area contributed by atoms with Crippen molar-refractivity contribution < 1.29 is 42.9 Å². The lowest BCUT2D eigenvalue weighted by atomic mass is 10.0. The molecule has 0 amide bonds. The van der Waals surface area contributed by atoms with Crippen LogP contribution in [0.3, 0.4) is 0 Å². The Morgan fingerprint density at radius 2 is 1.05 bits per heavy atom. The van der Waals surface area contributed by atoms with Crippen LogP contribution in [0.4, 0.5) is 0 Å². The second kappa shape index (κ2) is 29.6. The SMILES string of the molecule is CCCCCCCCCCCCCCCCCC[N+](C)(C)CCC[Si](O)(O)OCC(COCCO)OCCOCCO. The highest BCUT2D eigenvalue weighted by molar-refractivity contribution is 6.57. The Morgan fingerprint density at radius 3 is 1.57 bits per heavy atom. The highest BCUT2D eigenvalue weighted by atomic mass is 28.4. The van der Waals surface area contributed by atoms with Gasteiger partial charge in [-0.3, -0.25) is 0 Å². The Balaban J connectivity index is 3.87. The quantitative estimate of drug-likeness (QED) is 0.0446. The van der Waals surface area contributed by atoms with Crippen LogP contribution in [0.25, 0.3) is 0 Å². The first-order valence-electron chi connectivity index (χ1n) is 17.2. The molecule has 0 heterocycles. The lowest BCUT2D eigenvalue weighted by Crippen LogP contribution is -2.45. The Bertz CT molecular complexity index is 557. The number of hydrogen-bond acceptors (Lipinski definition) is 8. The predicted molar refractivity (Wildman–Crippen MR) is 173 cm³/mol. The average Bonchev–Trinajstić information content (AvgIpc) is 2.95. The van der Waals surface area contributed by atoms with E-state index in [1.165, 1.54) is 103 Å². The molecular formula is C32H70NO8Si+. The smallest absolute Gasteiger partial charge is 0.394 e. The van der Waals surface area contributed by atoms with E-state index in [9.17, 15) is 9.59 Å². The minimum absolute atomic E-state index is 0.00208. The van der Waals surface area contributed by atoms with Crippen molar-refractivity contribution in [3.05, 3.63) is 0 Å². The maximum absolute atomic E-state index is 10.5. The zero-order valence-electron chi connectivity index (χ0n) is 27.7. The number of hydrogen-bond donors (Lipinski definition) is 4. The number of unbranched alkanes of at least 4 members (excludes halogenated alkanes) is 15. The van der Waals surface area contributed by atoms with Crippen molar-refractivity contribution in [3.8, 4) is 0 Å². The summed E-state index contributed by atoms with van der Waals surface area (Å²) < 4.78 is 22.6. The summed E-state index contributed by atoms with van der Waals surface area (Å²) in [5, 5.41) is 17.7. The molecule has 254 valence electrons. The van der Waals surface area contributed by atoms with E-state index < -0.39 is 14.9 Å². The number of rotatable bonds is 34. The molecule has 0 saturated heterocycles. The summed E-state index contributed by atoms with van der Waals surface area (Å²) in [5.74, 6) is 0. The van der Waals surface area contributed by atoms with E-state index in [1.807, 2.05) is 0 Å². The number of aliphatic hydroxyl groups excluding tert-OH is 2. The molecule has 1 atom stereocenters. The average molecular weight is 625 g/mol. The standard InChI is InChI=1S/C32H70NO8Si/c1-4-5-6-7-8-9-10-11-12-13-14-15-16-17-18-19-21-33(2,3)22-20-29-42(36,37)41-31-32(30-39-26-24-35)40-28-27-38-25-23-34/h32,34-37H,4-31H2,1-3H3/q+1. The summed E-state index contributed by atoms with van der Waals surface area (Å²) in [5.41, 5.74) is 0. The van der Waals surface area contributed by atoms with Crippen molar-refractivity contribution in [2.24, 2.45) is 0 Å². The fraction of sp³-hybridized carbons (Fsp3) is 1.00. The van der Waals surface area contributed by atoms with E-state index in [0.29, 0.717) is 13.0 Å². The lowest BCUT2D eigenvalue weighted by molar-refractivity contribution is -0.890. The van der Waals surface area contributed by atoms with Gasteiger partial charge in [0.1, 0.15) is 6.10 Å². The second-order valence-electron chi connectivity index (χ2n) is 12.5. The number of nitrogens with zero attached hydrogens (tertiary/aromatic N) is 1. The molecular weight excluding hydrogens is 554 g/mol. The van der Waals surface area contributed by atoms with Gasteiger partial charge < -0.3 is 42.9 Å². The molecule has 9 nitrogen and oxygen atoms in total. The van der Waals surface area contributed by atoms with Crippen LogP contribution < -0.4 is 0 Å². The van der Waals surface area contributed by atoms with Gasteiger partial charge in [-0.15, -0.1) is 0 Å². The normalized spacial score (nSPS) is 13.2. The Labute approximate surface area is 259 Å². The molecule has 0 aliphatic rings. The van der Waals surface area contributed by atoms with E-state index in [2.05, 4.69) is 21.0 Å². The number of aliphatic hydroxyl groups is 2. The van der Waals surface area contributed by atoms with Crippen molar-refractivity contribution in [2.75, 3.05) is 80.0 Å². The topological polar surface area (TPSA) is 118 Å². The maximum atomic E-state index is 10.5. The van der Waals surface area contributed by atoms with E-state index >= 15 is 0 Å². The molecule has 0 rings (SSSR count). The fourth-order valence-electron chi connectivity index (χ4n) is 5.10. The van der Waals surface area contributed by atoms with Crippen LogP contribution in [0.5, 0.6) is 0 Å². The zero-order chi connectivity index (χ0) is 31.2. The summed E-state index contributed by atoms with van der Waals surface area (Å²) in [6.45, 7) is 5.27. The van der Waals surface area contributed by atoms with Crippen molar-refractivity contribution in [1.82, 2.24) is 0 Å². The summed E-state index contributed by atoms with van der Waals surface area (Å²) in [7, 11) is 0.618. The van der Waals surface area contributed by atoms with Crippen LogP contribution in [0.15, 0.2) is 0 Å². The van der Waals surface area contributed by atoms with E-state index in [0.717, 1.165) is 17.6 Å². The fourth-order valence-corrected chi connectivity index (χ4v) is 6.32. The van der Waals surface area contributed by atoms with Crippen LogP contribution in [-0.4, -0.2) is 119 Å². The zero-order valence-corrected chi connectivity index (χ0v) is 28.7. The first kappa shape index (κ1) is 41.9. The second-order valence-corrected chi connectivity index (χ2v) is 14.7.